The summed E-state index contributed by atoms with van der Waals surface area (Å²) in [4.78, 5) is 2.42. The van der Waals surface area contributed by atoms with Crippen LogP contribution in [0.5, 0.6) is 0 Å². The molecule has 21 heavy (non-hydrogen) atoms. The predicted octanol–water partition coefficient (Wildman–Crippen LogP) is 3.68. The van der Waals surface area contributed by atoms with Gasteiger partial charge in [0.2, 0.25) is 0 Å². The van der Waals surface area contributed by atoms with Gasteiger partial charge in [-0.05, 0) is 38.0 Å². The predicted molar refractivity (Wildman–Crippen MR) is 84.7 cm³/mol. The van der Waals surface area contributed by atoms with Crippen molar-refractivity contribution in [1.82, 2.24) is 10.2 Å². The molecule has 0 atom stereocenters. The Morgan fingerprint density at radius 3 is 2.43 bits per heavy atom. The lowest BCUT2D eigenvalue weighted by Crippen LogP contribution is -2.34. The third-order valence-corrected chi connectivity index (χ3v) is 3.82. The number of hydrogen-bond donors (Lipinski definition) is 1. The van der Waals surface area contributed by atoms with E-state index in [0.717, 1.165) is 31.9 Å². The van der Waals surface area contributed by atoms with Crippen molar-refractivity contribution in [3.63, 3.8) is 0 Å². The Kier molecular flexibility index (Phi) is 3.87. The van der Waals surface area contributed by atoms with E-state index < -0.39 is 0 Å². The number of nitrogens with zero attached hydrogens (tertiary/aromatic N) is 1. The molecule has 0 amide bonds. The molecule has 0 radical (unpaired) electrons. The van der Waals surface area contributed by atoms with Crippen molar-refractivity contribution in [3.8, 4) is 0 Å². The van der Waals surface area contributed by atoms with E-state index in [-0.39, 0.29) is 5.54 Å². The Balaban J connectivity index is 1.56. The summed E-state index contributed by atoms with van der Waals surface area (Å²) in [7, 11) is 0. The van der Waals surface area contributed by atoms with Crippen LogP contribution in [0, 0.1) is 0 Å². The van der Waals surface area contributed by atoms with Gasteiger partial charge in [-0.25, -0.2) is 0 Å². The summed E-state index contributed by atoms with van der Waals surface area (Å²) in [5, 5.41) is 3.49. The first-order valence-corrected chi connectivity index (χ1v) is 7.60. The summed E-state index contributed by atoms with van der Waals surface area (Å²) in [5.41, 5.74) is 4.24. The second kappa shape index (κ2) is 5.66. The van der Waals surface area contributed by atoms with Crippen LogP contribution in [0.1, 0.15) is 43.2 Å². The molecule has 1 N–H and O–H groups in total. The Morgan fingerprint density at radius 1 is 1.14 bits per heavy atom. The fraction of sp³-hybridized carbons (Fsp3) is 0.444. The minimum absolute atomic E-state index is 0.133. The summed E-state index contributed by atoms with van der Waals surface area (Å²) in [6.07, 6.45) is 1.87. The SMILES string of the molecule is CC(C)(C)NCc1coc(CN2Cc3ccccc3C2)c1. The van der Waals surface area contributed by atoms with Crippen LogP contribution in [-0.4, -0.2) is 10.4 Å². The average Bonchev–Trinajstić information content (AvgIpc) is 3.01. The van der Waals surface area contributed by atoms with Crippen molar-refractivity contribution in [2.45, 2.75) is 52.5 Å². The van der Waals surface area contributed by atoms with Crippen LogP contribution in [0.15, 0.2) is 41.0 Å². The number of nitrogens with one attached hydrogen (secondary N) is 1. The van der Waals surface area contributed by atoms with Crippen molar-refractivity contribution in [3.05, 3.63) is 59.0 Å². The standard InChI is InChI=1S/C18H24N2O/c1-18(2,3)19-9-14-8-17(21-13-14)12-20-10-15-6-4-5-7-16(15)11-20/h4-8,13,19H,9-12H2,1-3H3. The molecule has 2 aromatic rings. The topological polar surface area (TPSA) is 28.4 Å². The fourth-order valence-electron chi connectivity index (χ4n) is 2.70. The minimum atomic E-state index is 0.133. The normalized spacial score (nSPS) is 15.4. The summed E-state index contributed by atoms with van der Waals surface area (Å²) in [5.74, 6) is 1.05. The highest BCUT2D eigenvalue weighted by atomic mass is 16.3. The second-order valence-corrected chi connectivity index (χ2v) is 6.94. The van der Waals surface area contributed by atoms with Crippen LogP contribution in [0.25, 0.3) is 0 Å². The Bertz CT molecular complexity index is 585. The van der Waals surface area contributed by atoms with Crippen molar-refractivity contribution in [2.75, 3.05) is 0 Å². The van der Waals surface area contributed by atoms with Gasteiger partial charge >= 0.3 is 0 Å². The lowest BCUT2D eigenvalue weighted by atomic mass is 10.1. The third kappa shape index (κ3) is 3.74. The smallest absolute Gasteiger partial charge is 0.118 e. The molecule has 3 heteroatoms. The van der Waals surface area contributed by atoms with E-state index in [0.29, 0.717) is 0 Å². The molecule has 112 valence electrons. The molecule has 3 nitrogen and oxygen atoms in total. The van der Waals surface area contributed by atoms with Gasteiger partial charge < -0.3 is 9.73 Å². The van der Waals surface area contributed by atoms with Crippen LogP contribution in [0.4, 0.5) is 0 Å². The van der Waals surface area contributed by atoms with Crippen LogP contribution in [0.3, 0.4) is 0 Å². The number of hydrogen-bond acceptors (Lipinski definition) is 3. The highest BCUT2D eigenvalue weighted by Crippen LogP contribution is 2.24. The zero-order valence-electron chi connectivity index (χ0n) is 13.1. The quantitative estimate of drug-likeness (QED) is 0.928. The largest absolute Gasteiger partial charge is 0.468 e. The minimum Gasteiger partial charge on any atom is -0.468 e. The molecule has 1 aromatic carbocycles. The van der Waals surface area contributed by atoms with E-state index in [1.54, 1.807) is 0 Å². The van der Waals surface area contributed by atoms with Crippen molar-refractivity contribution in [2.24, 2.45) is 0 Å². The summed E-state index contributed by atoms with van der Waals surface area (Å²) in [6.45, 7) is 10.3. The summed E-state index contributed by atoms with van der Waals surface area (Å²) < 4.78 is 5.71. The van der Waals surface area contributed by atoms with Gasteiger partial charge in [0.1, 0.15) is 5.76 Å². The van der Waals surface area contributed by atoms with E-state index in [2.05, 4.69) is 61.3 Å². The first-order valence-electron chi connectivity index (χ1n) is 7.60. The maximum atomic E-state index is 5.71. The van der Waals surface area contributed by atoms with Gasteiger partial charge in [-0.1, -0.05) is 24.3 Å². The van der Waals surface area contributed by atoms with Crippen LogP contribution in [0.2, 0.25) is 0 Å². The number of fused-ring (bicyclic) bond motifs is 1. The maximum Gasteiger partial charge on any atom is 0.118 e. The van der Waals surface area contributed by atoms with Gasteiger partial charge in [-0.15, -0.1) is 0 Å². The summed E-state index contributed by atoms with van der Waals surface area (Å²) in [6, 6.07) is 10.8. The zero-order chi connectivity index (χ0) is 14.9. The zero-order valence-corrected chi connectivity index (χ0v) is 13.1. The fourth-order valence-corrected chi connectivity index (χ4v) is 2.70. The molecule has 0 aliphatic carbocycles. The molecule has 0 saturated carbocycles. The van der Waals surface area contributed by atoms with Crippen molar-refractivity contribution >= 4 is 0 Å². The van der Waals surface area contributed by atoms with E-state index >= 15 is 0 Å². The van der Waals surface area contributed by atoms with E-state index in [1.165, 1.54) is 16.7 Å². The molecule has 0 fully saturated rings. The van der Waals surface area contributed by atoms with E-state index in [1.807, 2.05) is 6.26 Å². The van der Waals surface area contributed by atoms with Crippen LogP contribution in [-0.2, 0) is 26.2 Å². The third-order valence-electron chi connectivity index (χ3n) is 3.82. The molecule has 0 unspecified atom stereocenters. The second-order valence-electron chi connectivity index (χ2n) is 6.94. The molecule has 1 aromatic heterocycles. The molecule has 3 rings (SSSR count). The van der Waals surface area contributed by atoms with Gasteiger partial charge in [0.15, 0.2) is 0 Å². The maximum absolute atomic E-state index is 5.71. The molecular weight excluding hydrogens is 260 g/mol. The monoisotopic (exact) mass is 284 g/mol. The average molecular weight is 284 g/mol. The molecule has 0 saturated heterocycles. The summed E-state index contributed by atoms with van der Waals surface area (Å²) >= 11 is 0. The highest BCUT2D eigenvalue weighted by molar-refractivity contribution is 5.30. The lowest BCUT2D eigenvalue weighted by Gasteiger charge is -2.19. The van der Waals surface area contributed by atoms with Gasteiger partial charge in [-0.2, -0.15) is 0 Å². The van der Waals surface area contributed by atoms with Gasteiger partial charge in [-0.3, -0.25) is 4.90 Å². The Hall–Kier alpha value is -1.58. The Morgan fingerprint density at radius 2 is 1.81 bits per heavy atom. The first-order chi connectivity index (χ1) is 9.99. The van der Waals surface area contributed by atoms with Crippen LogP contribution < -0.4 is 5.32 Å². The van der Waals surface area contributed by atoms with Gasteiger partial charge in [0.05, 0.1) is 12.8 Å². The molecule has 0 spiro atoms. The molecule has 0 bridgehead atoms. The first kappa shape index (κ1) is 14.4. The highest BCUT2D eigenvalue weighted by Gasteiger charge is 2.19. The lowest BCUT2D eigenvalue weighted by molar-refractivity contribution is 0.251. The molecule has 1 aliphatic rings. The molecule has 1 aliphatic heterocycles. The van der Waals surface area contributed by atoms with Crippen molar-refractivity contribution < 1.29 is 4.42 Å². The number of furan rings is 1. The Labute approximate surface area is 127 Å². The van der Waals surface area contributed by atoms with Gasteiger partial charge in [0, 0.05) is 30.7 Å². The van der Waals surface area contributed by atoms with E-state index in [4.69, 9.17) is 4.42 Å². The molecule has 2 heterocycles. The number of benzene rings is 1. The van der Waals surface area contributed by atoms with Crippen molar-refractivity contribution in [1.29, 1.82) is 0 Å². The van der Waals surface area contributed by atoms with E-state index in [9.17, 15) is 0 Å². The van der Waals surface area contributed by atoms with Gasteiger partial charge in [0.25, 0.3) is 0 Å². The van der Waals surface area contributed by atoms with Crippen LogP contribution >= 0.6 is 0 Å². The molecular formula is C18H24N2O. The number of rotatable bonds is 4.